The lowest BCUT2D eigenvalue weighted by Crippen LogP contribution is -2.41. The van der Waals surface area contributed by atoms with Crippen molar-refractivity contribution in [2.75, 3.05) is 28.6 Å². The third-order valence-corrected chi connectivity index (χ3v) is 7.76. The zero-order valence-corrected chi connectivity index (χ0v) is 21.1. The minimum atomic E-state index is -2.26. The maximum absolute atomic E-state index is 13.2. The summed E-state index contributed by atoms with van der Waals surface area (Å²) in [6, 6.07) is 23.0. The quantitative estimate of drug-likeness (QED) is 0.380. The third-order valence-electron chi connectivity index (χ3n) is 6.49. The van der Waals surface area contributed by atoms with Gasteiger partial charge in [-0.05, 0) is 70.9 Å². The number of hydrogen-bond acceptors (Lipinski definition) is 7. The number of amides is 1. The van der Waals surface area contributed by atoms with E-state index in [1.165, 1.54) is 40.2 Å². The van der Waals surface area contributed by atoms with Crippen LogP contribution in [0.1, 0.15) is 14.8 Å². The largest absolute Gasteiger partial charge is 0.768 e. The van der Waals surface area contributed by atoms with Gasteiger partial charge in [0.25, 0.3) is 0 Å². The van der Waals surface area contributed by atoms with Gasteiger partial charge in [-0.3, -0.25) is 9.00 Å². The molecule has 2 aliphatic rings. The van der Waals surface area contributed by atoms with E-state index in [4.69, 9.17) is 5.73 Å². The second-order valence-corrected chi connectivity index (χ2v) is 10.4. The van der Waals surface area contributed by atoms with E-state index >= 15 is 0 Å². The summed E-state index contributed by atoms with van der Waals surface area (Å²) < 4.78 is 22.2. The fourth-order valence-corrected chi connectivity index (χ4v) is 5.59. The maximum Gasteiger partial charge on any atom is 0.249 e. The van der Waals surface area contributed by atoms with Crippen molar-refractivity contribution in [2.45, 2.75) is 23.8 Å². The Kier molecular flexibility index (Phi) is 7.13. The van der Waals surface area contributed by atoms with E-state index in [-0.39, 0.29) is 19.7 Å². The first-order chi connectivity index (χ1) is 17.5. The Bertz CT molecular complexity index is 1370. The molecule has 3 heterocycles. The molecule has 2 N–H and O–H groups in total. The molecule has 0 radical (unpaired) electrons. The predicted molar refractivity (Wildman–Crippen MR) is 148 cm³/mol. The van der Waals surface area contributed by atoms with Crippen molar-refractivity contribution in [3.8, 4) is 11.1 Å². The van der Waals surface area contributed by atoms with Crippen LogP contribution in [0.25, 0.3) is 11.1 Å². The number of thiazole rings is 1. The second-order valence-electron chi connectivity index (χ2n) is 8.51. The fraction of sp³-hybridized carbons (Fsp3) is 0.185. The normalized spacial score (nSPS) is 17.5. The molecule has 6 rings (SSSR count). The van der Waals surface area contributed by atoms with Crippen LogP contribution in [0.2, 0.25) is 0 Å². The molecule has 0 aliphatic carbocycles. The summed E-state index contributed by atoms with van der Waals surface area (Å²) >= 11 is -0.817. The molecule has 3 aromatic carbocycles. The molecule has 1 unspecified atom stereocenters. The highest BCUT2D eigenvalue weighted by Crippen LogP contribution is 2.39. The highest BCUT2D eigenvalue weighted by molar-refractivity contribution is 7.79. The van der Waals surface area contributed by atoms with Crippen molar-refractivity contribution >= 4 is 44.8 Å². The molecule has 188 valence electrons. The lowest BCUT2D eigenvalue weighted by molar-refractivity contribution is -0.118. The maximum atomic E-state index is 13.2. The number of anilines is 3. The summed E-state index contributed by atoms with van der Waals surface area (Å²) in [7, 11) is 0. The lowest BCUT2D eigenvalue weighted by atomic mass is 9.98. The lowest BCUT2D eigenvalue weighted by Gasteiger charge is -2.26. The Hall–Kier alpha value is -3.53. The van der Waals surface area contributed by atoms with E-state index in [2.05, 4.69) is 40.2 Å². The SMILES string of the molecule is Nc1nccs1.O=C1[C@H](N2CCc3c(-c4ccccc4)cccc32)CCN1c1ccc(S(=O)[O-])cc1.[HH].[HH]. The van der Waals surface area contributed by atoms with Gasteiger partial charge in [-0.25, -0.2) is 4.98 Å². The van der Waals surface area contributed by atoms with Crippen LogP contribution in [0.4, 0.5) is 16.5 Å². The molecule has 0 bridgehead atoms. The summed E-state index contributed by atoms with van der Waals surface area (Å²) in [5.74, 6) is 0.0731. The molecule has 1 fully saturated rings. The van der Waals surface area contributed by atoms with Gasteiger partial charge < -0.3 is 20.1 Å². The number of rotatable bonds is 4. The van der Waals surface area contributed by atoms with Crippen molar-refractivity contribution < 1.29 is 16.4 Å². The highest BCUT2D eigenvalue weighted by atomic mass is 32.2. The molecule has 1 aromatic heterocycles. The summed E-state index contributed by atoms with van der Waals surface area (Å²) in [5, 5.41) is 2.48. The smallest absolute Gasteiger partial charge is 0.249 e. The van der Waals surface area contributed by atoms with Crippen LogP contribution in [0, 0.1) is 0 Å². The third kappa shape index (κ3) is 4.90. The van der Waals surface area contributed by atoms with Gasteiger partial charge in [0.1, 0.15) is 6.04 Å². The molecule has 2 atom stereocenters. The Labute approximate surface area is 219 Å². The van der Waals surface area contributed by atoms with Crippen LogP contribution >= 0.6 is 11.3 Å². The molecule has 9 heteroatoms. The number of nitrogens with two attached hydrogens (primary N) is 1. The predicted octanol–water partition coefficient (Wildman–Crippen LogP) is 4.98. The van der Waals surface area contributed by atoms with Gasteiger partial charge in [-0.15, -0.1) is 11.3 Å². The minimum absolute atomic E-state index is 0. The molecule has 0 saturated carbocycles. The molecule has 0 spiro atoms. The molecule has 36 heavy (non-hydrogen) atoms. The number of carbonyl (C=O) groups is 1. The first-order valence-corrected chi connectivity index (χ1v) is 13.6. The van der Waals surface area contributed by atoms with Crippen LogP contribution in [0.3, 0.4) is 0 Å². The zero-order chi connectivity index (χ0) is 25.1. The first kappa shape index (κ1) is 24.2. The average molecular weight is 522 g/mol. The average Bonchev–Trinajstić information content (AvgIpc) is 3.65. The number of nitrogen functional groups attached to an aromatic ring is 1. The monoisotopic (exact) mass is 521 g/mol. The fourth-order valence-electron chi connectivity index (χ4n) is 4.85. The first-order valence-electron chi connectivity index (χ1n) is 11.6. The van der Waals surface area contributed by atoms with Gasteiger partial charge in [0.15, 0.2) is 5.13 Å². The van der Waals surface area contributed by atoms with Crippen molar-refractivity contribution in [1.29, 1.82) is 0 Å². The van der Waals surface area contributed by atoms with Crippen LogP contribution in [-0.4, -0.2) is 38.8 Å². The van der Waals surface area contributed by atoms with Gasteiger partial charge in [-0.2, -0.15) is 0 Å². The summed E-state index contributed by atoms with van der Waals surface area (Å²) in [4.78, 5) is 21.2. The summed E-state index contributed by atoms with van der Waals surface area (Å²) in [6.45, 7) is 1.46. The van der Waals surface area contributed by atoms with Crippen molar-refractivity contribution in [3.63, 3.8) is 0 Å². The standard InChI is InChI=1S/C24H22N2O3S.C3H4N2S.2H2/c27-24-23(14-16-25(24)18-9-11-19(12-10-18)30(28)29)26-15-13-21-20(7-4-8-22(21)26)17-5-2-1-3-6-17;4-3-5-1-2-6-3;;/h1-12,23H,13-16H2,(H,28,29);1-2H,(H2,4,5);2*1H/p-1/t23-;;;/m1.../s1. The van der Waals surface area contributed by atoms with E-state index in [0.717, 1.165) is 30.8 Å². The Morgan fingerprint density at radius 3 is 2.44 bits per heavy atom. The van der Waals surface area contributed by atoms with E-state index in [1.807, 2.05) is 23.6 Å². The topological polar surface area (TPSA) is 103 Å². The van der Waals surface area contributed by atoms with Crippen molar-refractivity contribution in [3.05, 3.63) is 89.9 Å². The van der Waals surface area contributed by atoms with E-state index in [9.17, 15) is 13.6 Å². The second kappa shape index (κ2) is 10.6. The number of fused-ring (bicyclic) bond motifs is 1. The Morgan fingerprint density at radius 2 is 1.81 bits per heavy atom. The van der Waals surface area contributed by atoms with E-state index in [1.54, 1.807) is 23.2 Å². The van der Waals surface area contributed by atoms with Gasteiger partial charge >= 0.3 is 0 Å². The number of carbonyl (C=O) groups excluding carboxylic acids is 1. The number of nitrogens with zero attached hydrogens (tertiary/aromatic N) is 3. The summed E-state index contributed by atoms with van der Waals surface area (Å²) in [6.07, 6.45) is 3.36. The Morgan fingerprint density at radius 1 is 1.03 bits per heavy atom. The number of aromatic nitrogens is 1. The van der Waals surface area contributed by atoms with Crippen molar-refractivity contribution in [1.82, 2.24) is 4.98 Å². The molecule has 7 nitrogen and oxygen atoms in total. The zero-order valence-electron chi connectivity index (χ0n) is 19.4. The number of benzene rings is 3. The van der Waals surface area contributed by atoms with Crippen LogP contribution in [0.15, 0.2) is 89.3 Å². The van der Waals surface area contributed by atoms with Crippen LogP contribution < -0.4 is 15.5 Å². The van der Waals surface area contributed by atoms with E-state index in [0.29, 0.717) is 11.7 Å². The summed E-state index contributed by atoms with van der Waals surface area (Å²) in [5.41, 5.74) is 10.8. The molecule has 4 aromatic rings. The van der Waals surface area contributed by atoms with Gasteiger partial charge in [0.05, 0.1) is 0 Å². The number of hydrogen-bond donors (Lipinski definition) is 1. The molecular weight excluding hydrogens is 492 g/mol. The molecule has 1 saturated heterocycles. The van der Waals surface area contributed by atoms with Crippen molar-refractivity contribution in [2.24, 2.45) is 0 Å². The van der Waals surface area contributed by atoms with Crippen LogP contribution in [-0.2, 0) is 22.3 Å². The minimum Gasteiger partial charge on any atom is -0.768 e. The highest BCUT2D eigenvalue weighted by Gasteiger charge is 2.39. The van der Waals surface area contributed by atoms with E-state index < -0.39 is 11.1 Å². The molecular formula is C27H29N4O3S2-. The van der Waals surface area contributed by atoms with Gasteiger partial charge in [0, 0.05) is 43.8 Å². The van der Waals surface area contributed by atoms with Gasteiger partial charge in [-0.1, -0.05) is 42.5 Å². The van der Waals surface area contributed by atoms with Crippen LogP contribution in [0.5, 0.6) is 0 Å². The van der Waals surface area contributed by atoms with Gasteiger partial charge in [0.2, 0.25) is 5.91 Å². The molecule has 1 amide bonds. The molecule has 2 aliphatic heterocycles. The Balaban J connectivity index is 0.000000444.